The number of methoxy groups -OCH3 is 2. The van der Waals surface area contributed by atoms with Crippen molar-refractivity contribution in [1.82, 2.24) is 9.97 Å². The van der Waals surface area contributed by atoms with Gasteiger partial charge in [0.05, 0.1) is 5.69 Å². The lowest BCUT2D eigenvalue weighted by Crippen LogP contribution is -2.71. The maximum atomic E-state index is 14.6. The first kappa shape index (κ1) is 34.3. The molecule has 11 heteroatoms. The fourth-order valence-corrected chi connectivity index (χ4v) is 6.20. The number of aromatic nitrogens is 2. The van der Waals surface area contributed by atoms with Crippen LogP contribution in [0.4, 0.5) is 17.5 Å². The number of anilines is 3. The van der Waals surface area contributed by atoms with E-state index in [1.54, 1.807) is 6.07 Å². The van der Waals surface area contributed by atoms with Gasteiger partial charge in [-0.25, -0.2) is 9.78 Å². The lowest BCUT2D eigenvalue weighted by atomic mass is 9.75. The number of Topliss-reactive ketones (excluding diaryl/α,β-unsaturated/α-hetero) is 1. The van der Waals surface area contributed by atoms with Crippen LogP contribution in [0.1, 0.15) is 73.7 Å². The van der Waals surface area contributed by atoms with E-state index in [1.807, 2.05) is 55.1 Å². The first-order chi connectivity index (χ1) is 20.2. The van der Waals surface area contributed by atoms with Gasteiger partial charge in [-0.3, -0.25) is 4.79 Å². The van der Waals surface area contributed by atoms with Gasteiger partial charge in [-0.2, -0.15) is 4.98 Å². The summed E-state index contributed by atoms with van der Waals surface area (Å²) in [4.78, 5) is 37.7. The van der Waals surface area contributed by atoms with Crippen molar-refractivity contribution in [3.05, 3.63) is 76.5 Å². The molecular formula is C33H40ClN5O5. The van der Waals surface area contributed by atoms with Crippen molar-refractivity contribution in [3.8, 4) is 11.8 Å². The summed E-state index contributed by atoms with van der Waals surface area (Å²) in [6, 6.07) is 13.0. The molecule has 0 saturated carbocycles. The molecule has 3 aromatic rings. The van der Waals surface area contributed by atoms with Crippen LogP contribution in [0.2, 0.25) is 0 Å². The number of hydrogen-bond donors (Lipinski definition) is 3. The maximum Gasteiger partial charge on any atom is 0.349 e. The van der Waals surface area contributed by atoms with Gasteiger partial charge in [0.2, 0.25) is 11.7 Å². The molecule has 0 radical (unpaired) electrons. The predicted molar refractivity (Wildman–Crippen MR) is 173 cm³/mol. The normalized spacial score (nSPS) is 18.1. The number of carboxylic acid groups (broad SMARTS) is 1. The fourth-order valence-electron chi connectivity index (χ4n) is 6.20. The highest BCUT2D eigenvalue weighted by molar-refractivity contribution is 6.21. The second-order valence-electron chi connectivity index (χ2n) is 12.5. The largest absolute Gasteiger partial charge is 0.479 e. The number of nitrogens with two attached hydrogens (primary N) is 2. The molecule has 0 aliphatic carbocycles. The summed E-state index contributed by atoms with van der Waals surface area (Å²) < 4.78 is 11.5. The number of rotatable bonds is 7. The van der Waals surface area contributed by atoms with Crippen molar-refractivity contribution in [2.75, 3.05) is 30.6 Å². The van der Waals surface area contributed by atoms with Crippen molar-refractivity contribution >= 4 is 41.6 Å². The van der Waals surface area contributed by atoms with Crippen LogP contribution in [-0.4, -0.2) is 58.4 Å². The number of carbonyl (C=O) groups is 2. The smallest absolute Gasteiger partial charge is 0.349 e. The zero-order chi connectivity index (χ0) is 31.7. The minimum atomic E-state index is -2.37. The number of nitrogens with zero attached hydrogens (tertiary/aromatic N) is 3. The number of carbonyl (C=O) groups excluding carboxylic acids is 1. The number of aliphatic carboxylic acids is 1. The molecular weight excluding hydrogens is 582 g/mol. The van der Waals surface area contributed by atoms with E-state index in [1.165, 1.54) is 20.4 Å². The summed E-state index contributed by atoms with van der Waals surface area (Å²) in [5, 5.41) is 10.6. The molecule has 10 nitrogen and oxygen atoms in total. The van der Waals surface area contributed by atoms with Crippen LogP contribution in [-0.2, 0) is 20.7 Å². The number of ketones is 1. The van der Waals surface area contributed by atoms with E-state index in [2.05, 4.69) is 42.6 Å². The van der Waals surface area contributed by atoms with Crippen LogP contribution in [0.15, 0.2) is 48.7 Å². The molecule has 5 N–H and O–H groups in total. The second-order valence-corrected chi connectivity index (χ2v) is 12.5. The zero-order valence-electron chi connectivity index (χ0n) is 26.1. The Labute approximate surface area is 264 Å². The number of carboxylic acids is 1. The van der Waals surface area contributed by atoms with E-state index >= 15 is 0 Å². The molecule has 2 unspecified atom stereocenters. The van der Waals surface area contributed by atoms with Gasteiger partial charge in [-0.1, -0.05) is 50.8 Å². The van der Waals surface area contributed by atoms with Crippen molar-refractivity contribution < 1.29 is 24.2 Å². The highest BCUT2D eigenvalue weighted by Crippen LogP contribution is 2.47. The summed E-state index contributed by atoms with van der Waals surface area (Å²) in [7, 11) is 2.59. The van der Waals surface area contributed by atoms with Gasteiger partial charge >= 0.3 is 5.97 Å². The van der Waals surface area contributed by atoms with Crippen molar-refractivity contribution in [2.24, 2.45) is 5.41 Å². The van der Waals surface area contributed by atoms with Gasteiger partial charge in [0.25, 0.3) is 5.60 Å². The van der Waals surface area contributed by atoms with Crippen LogP contribution < -0.4 is 16.4 Å². The van der Waals surface area contributed by atoms with Gasteiger partial charge in [0, 0.05) is 54.6 Å². The van der Waals surface area contributed by atoms with Crippen molar-refractivity contribution in [2.45, 2.75) is 64.8 Å². The van der Waals surface area contributed by atoms with Gasteiger partial charge in [0.15, 0.2) is 6.23 Å². The molecule has 44 heavy (non-hydrogen) atoms. The molecule has 2 aromatic carbocycles. The highest BCUT2D eigenvalue weighted by atomic mass is 35.5. The Morgan fingerprint density at radius 3 is 2.27 bits per heavy atom. The number of hydrogen-bond acceptors (Lipinski definition) is 9. The van der Waals surface area contributed by atoms with Crippen molar-refractivity contribution in [3.63, 3.8) is 0 Å². The summed E-state index contributed by atoms with van der Waals surface area (Å²) >= 11 is 0. The van der Waals surface area contributed by atoms with Gasteiger partial charge in [0.1, 0.15) is 5.82 Å². The zero-order valence-corrected chi connectivity index (χ0v) is 26.9. The average Bonchev–Trinajstić information content (AvgIpc) is 2.92. The fraction of sp³-hybridized carbons (Fsp3) is 0.394. The van der Waals surface area contributed by atoms with Crippen molar-refractivity contribution in [1.29, 1.82) is 0 Å². The van der Waals surface area contributed by atoms with Crippen LogP contribution in [0.25, 0.3) is 0 Å². The van der Waals surface area contributed by atoms with E-state index in [4.69, 9.17) is 20.9 Å². The Morgan fingerprint density at radius 1 is 1.07 bits per heavy atom. The number of nitrogen functional groups attached to an aromatic ring is 2. The lowest BCUT2D eigenvalue weighted by Gasteiger charge is -2.54. The Kier molecular flexibility index (Phi) is 10.0. The Bertz CT molecular complexity index is 1610. The first-order valence-electron chi connectivity index (χ1n) is 13.9. The molecule has 1 aliphatic heterocycles. The number of fused-ring (bicyclic) bond motifs is 1. The molecule has 0 fully saturated rings. The van der Waals surface area contributed by atoms with Gasteiger partial charge < -0.3 is 30.9 Å². The number of ether oxygens (including phenoxy) is 2. The quantitative estimate of drug-likeness (QED) is 0.249. The highest BCUT2D eigenvalue weighted by Gasteiger charge is 2.63. The minimum absolute atomic E-state index is 0. The predicted octanol–water partition coefficient (Wildman–Crippen LogP) is 4.71. The minimum Gasteiger partial charge on any atom is -0.479 e. The SMILES string of the molecule is COC1N(C(C)(C)CC(C)(C)C)c2ccc(C#Cc3ccccc3)c(Cc3cnc(N)nc3N)c2C(=O)C1(OC)C(=O)O.Cl. The lowest BCUT2D eigenvalue weighted by molar-refractivity contribution is -0.172. The standard InChI is InChI=1S/C33H39N5O5.ClH/c1-31(2,3)19-32(4,5)38-24-16-15-21(14-13-20-11-9-8-10-12-20)23(17-22-18-36-30(35)37-27(22)34)25(24)26(39)33(43-7,29(40)41)28(38)42-6;/h8-12,15-16,18,28H,17,19H2,1-7H3,(H,40,41)(H4,34,35,36,37);1H. The van der Waals surface area contributed by atoms with E-state index < -0.39 is 29.1 Å². The summed E-state index contributed by atoms with van der Waals surface area (Å²) in [5.74, 6) is 4.30. The van der Waals surface area contributed by atoms with Crippen LogP contribution in [0, 0.1) is 17.3 Å². The molecule has 0 bridgehead atoms. The molecule has 1 aromatic heterocycles. The average molecular weight is 622 g/mol. The molecule has 0 saturated heterocycles. The third-order valence-electron chi connectivity index (χ3n) is 7.57. The van der Waals surface area contributed by atoms with Gasteiger partial charge in [-0.05, 0) is 55.5 Å². The maximum absolute atomic E-state index is 14.6. The molecule has 0 amide bonds. The summed E-state index contributed by atoms with van der Waals surface area (Å²) in [6.45, 7) is 10.3. The third-order valence-corrected chi connectivity index (χ3v) is 7.57. The molecule has 234 valence electrons. The molecule has 1 aliphatic rings. The van der Waals surface area contributed by atoms with Crippen LogP contribution in [0.3, 0.4) is 0 Å². The topological polar surface area (TPSA) is 154 Å². The first-order valence-corrected chi connectivity index (χ1v) is 13.9. The molecule has 2 heterocycles. The summed E-state index contributed by atoms with van der Waals surface area (Å²) in [6.07, 6.45) is 0.950. The van der Waals surface area contributed by atoms with E-state index in [0.717, 1.165) is 5.56 Å². The number of benzene rings is 2. The monoisotopic (exact) mass is 621 g/mol. The van der Waals surface area contributed by atoms with Crippen LogP contribution >= 0.6 is 12.4 Å². The third kappa shape index (κ3) is 6.36. The van der Waals surface area contributed by atoms with E-state index in [-0.39, 0.29) is 41.6 Å². The summed E-state index contributed by atoms with van der Waals surface area (Å²) in [5.41, 5.74) is 11.7. The van der Waals surface area contributed by atoms with Gasteiger partial charge in [-0.15, -0.1) is 12.4 Å². The van der Waals surface area contributed by atoms with E-state index in [9.17, 15) is 14.7 Å². The number of halogens is 1. The molecule has 0 spiro atoms. The van der Waals surface area contributed by atoms with Crippen LogP contribution in [0.5, 0.6) is 0 Å². The second kappa shape index (κ2) is 12.8. The van der Waals surface area contributed by atoms with E-state index in [0.29, 0.717) is 28.8 Å². The Hall–Kier alpha value is -4.17. The molecule has 2 atom stereocenters. The molecule has 4 rings (SSSR count). The Balaban J connectivity index is 0.00000529. The Morgan fingerprint density at radius 2 is 1.73 bits per heavy atom.